The van der Waals surface area contributed by atoms with E-state index in [1.54, 1.807) is 20.9 Å². The first-order valence-corrected chi connectivity index (χ1v) is 8.25. The van der Waals surface area contributed by atoms with Gasteiger partial charge in [-0.2, -0.15) is 0 Å². The molecule has 2 N–H and O–H groups in total. The van der Waals surface area contributed by atoms with Crippen molar-refractivity contribution >= 4 is 17.6 Å². The second-order valence-corrected chi connectivity index (χ2v) is 7.43. The van der Waals surface area contributed by atoms with Gasteiger partial charge in [0, 0.05) is 18.6 Å². The average Bonchev–Trinajstić information content (AvgIpc) is 2.79. The Hall–Kier alpha value is -1.30. The molecule has 0 aliphatic carbocycles. The molecule has 1 aromatic rings. The van der Waals surface area contributed by atoms with E-state index in [0.717, 1.165) is 18.5 Å². The minimum Gasteiger partial charge on any atom is -0.389 e. The fourth-order valence-electron chi connectivity index (χ4n) is 3.17. The Balaban J connectivity index is 2.06. The van der Waals surface area contributed by atoms with Gasteiger partial charge >= 0.3 is 6.03 Å². The van der Waals surface area contributed by atoms with Crippen LogP contribution in [0, 0.1) is 0 Å². The molecular weight excluding hydrogens is 314 g/mol. The molecule has 0 aromatic heterocycles. The summed E-state index contributed by atoms with van der Waals surface area (Å²) in [5, 5.41) is 13.7. The first-order valence-electron chi connectivity index (χ1n) is 7.87. The van der Waals surface area contributed by atoms with E-state index in [4.69, 9.17) is 11.6 Å². The lowest BCUT2D eigenvalue weighted by Gasteiger charge is -2.30. The molecule has 0 bridgehead atoms. The first-order chi connectivity index (χ1) is 10.7. The quantitative estimate of drug-likeness (QED) is 0.886. The van der Waals surface area contributed by atoms with Crippen molar-refractivity contribution in [2.75, 3.05) is 27.2 Å². The predicted molar refractivity (Wildman–Crippen MR) is 92.7 cm³/mol. The predicted octanol–water partition coefficient (Wildman–Crippen LogP) is 2.50. The molecule has 1 saturated heterocycles. The van der Waals surface area contributed by atoms with E-state index < -0.39 is 5.60 Å². The summed E-state index contributed by atoms with van der Waals surface area (Å²) in [6, 6.07) is 7.78. The molecule has 0 radical (unpaired) electrons. The van der Waals surface area contributed by atoms with Crippen molar-refractivity contribution in [2.45, 2.75) is 38.0 Å². The largest absolute Gasteiger partial charge is 0.389 e. The molecule has 1 fully saturated rings. The third-order valence-electron chi connectivity index (χ3n) is 4.14. The van der Waals surface area contributed by atoms with Gasteiger partial charge in [-0.1, -0.05) is 23.7 Å². The molecule has 2 atom stereocenters. The molecule has 2 amide bonds. The zero-order chi connectivity index (χ0) is 17.2. The second-order valence-electron chi connectivity index (χ2n) is 6.99. The number of hydrogen-bond donors (Lipinski definition) is 2. The van der Waals surface area contributed by atoms with Crippen LogP contribution in [0.5, 0.6) is 0 Å². The van der Waals surface area contributed by atoms with E-state index in [1.807, 2.05) is 24.3 Å². The Kier molecular flexibility index (Phi) is 5.55. The van der Waals surface area contributed by atoms with Gasteiger partial charge in [-0.3, -0.25) is 4.90 Å². The van der Waals surface area contributed by atoms with Gasteiger partial charge in [-0.05, 0) is 45.0 Å². The minimum absolute atomic E-state index is 0.0398. The average molecular weight is 340 g/mol. The summed E-state index contributed by atoms with van der Waals surface area (Å²) in [4.78, 5) is 16.1. The Bertz CT molecular complexity index is 542. The van der Waals surface area contributed by atoms with Gasteiger partial charge < -0.3 is 15.3 Å². The Morgan fingerprint density at radius 2 is 2.04 bits per heavy atom. The van der Waals surface area contributed by atoms with Gasteiger partial charge in [0.1, 0.15) is 0 Å². The summed E-state index contributed by atoms with van der Waals surface area (Å²) in [7, 11) is 3.76. The number of aliphatic hydroxyl groups is 1. The highest BCUT2D eigenvalue weighted by Crippen LogP contribution is 2.31. The van der Waals surface area contributed by atoms with Crippen LogP contribution in [-0.4, -0.2) is 59.8 Å². The van der Waals surface area contributed by atoms with Crippen molar-refractivity contribution in [2.24, 2.45) is 0 Å². The van der Waals surface area contributed by atoms with Crippen LogP contribution < -0.4 is 5.32 Å². The fraction of sp³-hybridized carbons (Fsp3) is 0.588. The van der Waals surface area contributed by atoms with E-state index in [2.05, 4.69) is 17.3 Å². The van der Waals surface area contributed by atoms with Crippen molar-refractivity contribution < 1.29 is 9.90 Å². The van der Waals surface area contributed by atoms with Crippen LogP contribution in [0.25, 0.3) is 0 Å². The zero-order valence-corrected chi connectivity index (χ0v) is 15.0. The molecule has 23 heavy (non-hydrogen) atoms. The zero-order valence-electron chi connectivity index (χ0n) is 14.2. The fourth-order valence-corrected chi connectivity index (χ4v) is 3.29. The van der Waals surface area contributed by atoms with Gasteiger partial charge in [-0.25, -0.2) is 4.79 Å². The van der Waals surface area contributed by atoms with Crippen LogP contribution >= 0.6 is 11.6 Å². The Morgan fingerprint density at radius 3 is 2.61 bits per heavy atom. The molecular formula is C17H26ClN3O2. The minimum atomic E-state index is -0.909. The third-order valence-corrected chi connectivity index (χ3v) is 4.39. The summed E-state index contributed by atoms with van der Waals surface area (Å²) in [5.74, 6) is 0. The maximum atomic E-state index is 12.4. The summed E-state index contributed by atoms with van der Waals surface area (Å²) >= 11 is 5.96. The van der Waals surface area contributed by atoms with Crippen molar-refractivity contribution in [3.05, 3.63) is 34.9 Å². The van der Waals surface area contributed by atoms with Gasteiger partial charge in [0.2, 0.25) is 0 Å². The molecule has 2 unspecified atom stereocenters. The number of urea groups is 1. The van der Waals surface area contributed by atoms with Crippen molar-refractivity contribution in [3.8, 4) is 0 Å². The van der Waals surface area contributed by atoms with Crippen LogP contribution in [0.4, 0.5) is 4.79 Å². The molecule has 1 aliphatic heterocycles. The monoisotopic (exact) mass is 339 g/mol. The SMILES string of the molecule is CN(CC(C)(C)O)C(=O)NC1CCN(C)C1c1ccc(Cl)cc1. The molecule has 1 aromatic carbocycles. The topological polar surface area (TPSA) is 55.8 Å². The van der Waals surface area contributed by atoms with Crippen LogP contribution in [0.3, 0.4) is 0 Å². The molecule has 0 spiro atoms. The highest BCUT2D eigenvalue weighted by atomic mass is 35.5. The van der Waals surface area contributed by atoms with Crippen LogP contribution in [0.15, 0.2) is 24.3 Å². The number of carbonyl (C=O) groups is 1. The highest BCUT2D eigenvalue weighted by molar-refractivity contribution is 6.30. The van der Waals surface area contributed by atoms with Crippen molar-refractivity contribution in [1.29, 1.82) is 0 Å². The number of carbonyl (C=O) groups excluding carboxylic acids is 1. The molecule has 2 rings (SSSR count). The summed E-state index contributed by atoms with van der Waals surface area (Å²) in [6.45, 7) is 4.59. The van der Waals surface area contributed by atoms with Crippen LogP contribution in [-0.2, 0) is 0 Å². The second kappa shape index (κ2) is 7.07. The molecule has 0 saturated carbocycles. The normalized spacial score (nSPS) is 22.2. The lowest BCUT2D eigenvalue weighted by atomic mass is 10.0. The van der Waals surface area contributed by atoms with E-state index in [-0.39, 0.29) is 24.7 Å². The maximum Gasteiger partial charge on any atom is 0.317 e. The van der Waals surface area contributed by atoms with Crippen molar-refractivity contribution in [3.63, 3.8) is 0 Å². The summed E-state index contributed by atoms with van der Waals surface area (Å²) < 4.78 is 0. The molecule has 6 heteroatoms. The molecule has 128 valence electrons. The Labute approximate surface area is 143 Å². The van der Waals surface area contributed by atoms with E-state index >= 15 is 0 Å². The lowest BCUT2D eigenvalue weighted by molar-refractivity contribution is 0.0526. The van der Waals surface area contributed by atoms with E-state index in [0.29, 0.717) is 5.02 Å². The smallest absolute Gasteiger partial charge is 0.317 e. The first kappa shape index (κ1) is 18.0. The van der Waals surface area contributed by atoms with Gasteiger partial charge in [0.15, 0.2) is 0 Å². The van der Waals surface area contributed by atoms with Gasteiger partial charge in [0.25, 0.3) is 0 Å². The standard InChI is InChI=1S/C17H26ClN3O2/c1-17(2,23)11-21(4)16(22)19-14-9-10-20(3)15(14)12-5-7-13(18)8-6-12/h5-8,14-15,23H,9-11H2,1-4H3,(H,19,22). The maximum absolute atomic E-state index is 12.4. The van der Waals surface area contributed by atoms with E-state index in [9.17, 15) is 9.90 Å². The number of benzene rings is 1. The van der Waals surface area contributed by atoms with Gasteiger partial charge in [-0.15, -0.1) is 0 Å². The van der Waals surface area contributed by atoms with Crippen LogP contribution in [0.1, 0.15) is 31.9 Å². The third kappa shape index (κ3) is 4.83. The number of nitrogens with one attached hydrogen (secondary N) is 1. The lowest BCUT2D eigenvalue weighted by Crippen LogP contribution is -2.48. The molecule has 5 nitrogen and oxygen atoms in total. The number of halogens is 1. The van der Waals surface area contributed by atoms with Crippen molar-refractivity contribution in [1.82, 2.24) is 15.1 Å². The number of nitrogens with zero attached hydrogens (tertiary/aromatic N) is 2. The molecule has 1 aliphatic rings. The highest BCUT2D eigenvalue weighted by Gasteiger charge is 2.34. The number of hydrogen-bond acceptors (Lipinski definition) is 3. The number of rotatable bonds is 4. The van der Waals surface area contributed by atoms with Gasteiger partial charge in [0.05, 0.1) is 24.2 Å². The Morgan fingerprint density at radius 1 is 1.43 bits per heavy atom. The van der Waals surface area contributed by atoms with E-state index in [1.165, 1.54) is 4.90 Å². The number of amides is 2. The molecule has 1 heterocycles. The van der Waals surface area contributed by atoms with Crippen LogP contribution in [0.2, 0.25) is 5.02 Å². The summed E-state index contributed by atoms with van der Waals surface area (Å²) in [6.07, 6.45) is 0.895. The summed E-state index contributed by atoms with van der Waals surface area (Å²) in [5.41, 5.74) is 0.235. The number of likely N-dealkylation sites (N-methyl/N-ethyl adjacent to an activating group) is 2. The number of likely N-dealkylation sites (tertiary alicyclic amines) is 1.